The summed E-state index contributed by atoms with van der Waals surface area (Å²) in [5.74, 6) is 1.18. The summed E-state index contributed by atoms with van der Waals surface area (Å²) in [5, 5.41) is 0. The average molecular weight is 309 g/mol. The van der Waals surface area contributed by atoms with Crippen LogP contribution in [0.5, 0.6) is 0 Å². The maximum Gasteiger partial charge on any atom is 0.250 e. The summed E-state index contributed by atoms with van der Waals surface area (Å²) in [7, 11) is 0. The molecule has 1 aliphatic rings. The lowest BCUT2D eigenvalue weighted by Crippen LogP contribution is -3.10. The van der Waals surface area contributed by atoms with Crippen molar-refractivity contribution < 1.29 is 13.7 Å². The van der Waals surface area contributed by atoms with E-state index in [1.54, 1.807) is 18.3 Å². The standard InChI is InChI=1S/C19H17FN2O/c20-17-7-5-15(6-8-17)18-11-21-19(23-18)13-22-10-9-14-3-1-2-4-16(14)12-22/h1-8,11H,9-10,12-13H2/p+1. The van der Waals surface area contributed by atoms with Gasteiger partial charge in [0.05, 0.1) is 12.7 Å². The monoisotopic (exact) mass is 309 g/mol. The molecule has 23 heavy (non-hydrogen) atoms. The highest BCUT2D eigenvalue weighted by atomic mass is 19.1. The summed E-state index contributed by atoms with van der Waals surface area (Å²) < 4.78 is 18.8. The minimum Gasteiger partial charge on any atom is -0.435 e. The van der Waals surface area contributed by atoms with Crippen LogP contribution in [-0.2, 0) is 19.5 Å². The Bertz CT molecular complexity index is 810. The van der Waals surface area contributed by atoms with Gasteiger partial charge in [-0.25, -0.2) is 9.37 Å². The minimum absolute atomic E-state index is 0.245. The van der Waals surface area contributed by atoms with Gasteiger partial charge in [0.2, 0.25) is 0 Å². The molecule has 1 aliphatic heterocycles. The first-order valence-electron chi connectivity index (χ1n) is 7.89. The number of rotatable bonds is 3. The van der Waals surface area contributed by atoms with E-state index in [0.717, 1.165) is 37.5 Å². The fourth-order valence-electron chi connectivity index (χ4n) is 3.15. The number of halogens is 1. The first-order valence-corrected chi connectivity index (χ1v) is 7.89. The Morgan fingerprint density at radius 3 is 2.65 bits per heavy atom. The summed E-state index contributed by atoms with van der Waals surface area (Å²) in [6.07, 6.45) is 2.82. The number of aromatic nitrogens is 1. The second-order valence-electron chi connectivity index (χ2n) is 6.00. The molecule has 0 spiro atoms. The number of hydrogen-bond donors (Lipinski definition) is 1. The van der Waals surface area contributed by atoms with Crippen LogP contribution in [0.3, 0.4) is 0 Å². The largest absolute Gasteiger partial charge is 0.435 e. The maximum absolute atomic E-state index is 13.0. The van der Waals surface area contributed by atoms with Crippen molar-refractivity contribution >= 4 is 0 Å². The van der Waals surface area contributed by atoms with Crippen molar-refractivity contribution in [3.8, 4) is 11.3 Å². The molecule has 1 unspecified atom stereocenters. The third kappa shape index (κ3) is 3.03. The molecule has 4 rings (SSSR count). The molecular weight excluding hydrogens is 291 g/mol. The van der Waals surface area contributed by atoms with Gasteiger partial charge in [-0.2, -0.15) is 0 Å². The van der Waals surface area contributed by atoms with Crippen molar-refractivity contribution in [3.63, 3.8) is 0 Å². The van der Waals surface area contributed by atoms with E-state index < -0.39 is 0 Å². The Morgan fingerprint density at radius 1 is 1.04 bits per heavy atom. The summed E-state index contributed by atoms with van der Waals surface area (Å²) in [5.41, 5.74) is 3.72. The minimum atomic E-state index is -0.245. The highest BCUT2D eigenvalue weighted by Crippen LogP contribution is 2.20. The van der Waals surface area contributed by atoms with Crippen LogP contribution in [-0.4, -0.2) is 11.5 Å². The molecule has 3 aromatic rings. The molecule has 1 atom stereocenters. The predicted molar refractivity (Wildman–Crippen MR) is 85.3 cm³/mol. The molecule has 0 saturated heterocycles. The summed E-state index contributed by atoms with van der Waals surface area (Å²) >= 11 is 0. The molecule has 0 bridgehead atoms. The Balaban J connectivity index is 1.47. The van der Waals surface area contributed by atoms with E-state index in [4.69, 9.17) is 4.42 Å². The summed E-state index contributed by atoms with van der Waals surface area (Å²) in [6, 6.07) is 14.9. The molecule has 0 amide bonds. The van der Waals surface area contributed by atoms with Crippen molar-refractivity contribution in [2.75, 3.05) is 6.54 Å². The van der Waals surface area contributed by atoms with Crippen molar-refractivity contribution in [1.29, 1.82) is 0 Å². The van der Waals surface area contributed by atoms with Gasteiger partial charge >= 0.3 is 0 Å². The van der Waals surface area contributed by atoms with E-state index in [1.165, 1.54) is 28.2 Å². The fraction of sp³-hybridized carbons (Fsp3) is 0.211. The Kier molecular flexibility index (Phi) is 3.67. The van der Waals surface area contributed by atoms with Crippen LogP contribution < -0.4 is 4.90 Å². The van der Waals surface area contributed by atoms with E-state index in [-0.39, 0.29) is 5.82 Å². The van der Waals surface area contributed by atoms with Crippen LogP contribution in [0, 0.1) is 5.82 Å². The smallest absolute Gasteiger partial charge is 0.250 e. The van der Waals surface area contributed by atoms with E-state index in [9.17, 15) is 4.39 Å². The van der Waals surface area contributed by atoms with Crippen LogP contribution in [0.2, 0.25) is 0 Å². The third-order valence-electron chi connectivity index (χ3n) is 4.39. The first kappa shape index (κ1) is 14.2. The van der Waals surface area contributed by atoms with Crippen LogP contribution in [0.25, 0.3) is 11.3 Å². The zero-order valence-electron chi connectivity index (χ0n) is 12.8. The van der Waals surface area contributed by atoms with Gasteiger partial charge in [-0.05, 0) is 29.8 Å². The predicted octanol–water partition coefficient (Wildman–Crippen LogP) is 2.62. The molecule has 0 radical (unpaired) electrons. The van der Waals surface area contributed by atoms with Gasteiger partial charge < -0.3 is 9.32 Å². The molecule has 2 aromatic carbocycles. The summed E-state index contributed by atoms with van der Waals surface area (Å²) in [6.45, 7) is 2.87. The Hall–Kier alpha value is -2.46. The molecule has 4 heteroatoms. The zero-order chi connectivity index (χ0) is 15.6. The molecule has 0 aliphatic carbocycles. The van der Waals surface area contributed by atoms with Crippen LogP contribution in [0.15, 0.2) is 59.1 Å². The lowest BCUT2D eigenvalue weighted by atomic mass is 10.00. The molecule has 1 aromatic heterocycles. The molecular formula is C19H18FN2O+. The molecule has 1 N–H and O–H groups in total. The second kappa shape index (κ2) is 5.97. The van der Waals surface area contributed by atoms with Crippen LogP contribution in [0.1, 0.15) is 17.0 Å². The van der Waals surface area contributed by atoms with Crippen molar-refractivity contribution in [3.05, 3.63) is 77.6 Å². The van der Waals surface area contributed by atoms with Crippen molar-refractivity contribution in [2.24, 2.45) is 0 Å². The number of fused-ring (bicyclic) bond motifs is 1. The van der Waals surface area contributed by atoms with Crippen molar-refractivity contribution in [1.82, 2.24) is 4.98 Å². The number of quaternary nitrogens is 1. The number of benzene rings is 2. The van der Waals surface area contributed by atoms with Gasteiger partial charge in [-0.1, -0.05) is 24.3 Å². The molecule has 116 valence electrons. The van der Waals surface area contributed by atoms with Crippen molar-refractivity contribution in [2.45, 2.75) is 19.5 Å². The topological polar surface area (TPSA) is 30.5 Å². The van der Waals surface area contributed by atoms with E-state index in [1.807, 2.05) is 0 Å². The normalized spacial score (nSPS) is 17.0. The van der Waals surface area contributed by atoms with E-state index >= 15 is 0 Å². The second-order valence-corrected chi connectivity index (χ2v) is 6.00. The fourth-order valence-corrected chi connectivity index (χ4v) is 3.15. The highest BCUT2D eigenvalue weighted by molar-refractivity contribution is 5.55. The first-order chi connectivity index (χ1) is 11.3. The Labute approximate surface area is 134 Å². The number of nitrogens with zero attached hydrogens (tertiary/aromatic N) is 1. The van der Waals surface area contributed by atoms with Crippen LogP contribution in [0.4, 0.5) is 4.39 Å². The highest BCUT2D eigenvalue weighted by Gasteiger charge is 2.21. The van der Waals surface area contributed by atoms with E-state index in [2.05, 4.69) is 29.2 Å². The molecule has 3 nitrogen and oxygen atoms in total. The van der Waals surface area contributed by atoms with Gasteiger partial charge in [0.1, 0.15) is 12.4 Å². The lowest BCUT2D eigenvalue weighted by molar-refractivity contribution is -0.930. The van der Waals surface area contributed by atoms with Crippen LogP contribution >= 0.6 is 0 Å². The van der Waals surface area contributed by atoms with Gasteiger partial charge in [-0.15, -0.1) is 0 Å². The maximum atomic E-state index is 13.0. The zero-order valence-corrected chi connectivity index (χ0v) is 12.8. The quantitative estimate of drug-likeness (QED) is 0.806. The van der Waals surface area contributed by atoms with E-state index in [0.29, 0.717) is 5.76 Å². The van der Waals surface area contributed by atoms with Gasteiger partial charge in [0.15, 0.2) is 12.3 Å². The van der Waals surface area contributed by atoms with Gasteiger partial charge in [0.25, 0.3) is 5.89 Å². The summed E-state index contributed by atoms with van der Waals surface area (Å²) in [4.78, 5) is 5.84. The third-order valence-corrected chi connectivity index (χ3v) is 4.39. The number of hydrogen-bond acceptors (Lipinski definition) is 2. The molecule has 0 fully saturated rings. The number of nitrogens with one attached hydrogen (secondary N) is 1. The van der Waals surface area contributed by atoms with Gasteiger partial charge in [0, 0.05) is 17.5 Å². The Morgan fingerprint density at radius 2 is 1.83 bits per heavy atom. The number of oxazole rings is 1. The SMILES string of the molecule is Fc1ccc(-c2cnc(C[NH+]3CCc4ccccc4C3)o2)cc1. The lowest BCUT2D eigenvalue weighted by Gasteiger charge is -2.24. The average Bonchev–Trinajstić information content (AvgIpc) is 3.04. The molecule has 0 saturated carbocycles. The van der Waals surface area contributed by atoms with Gasteiger partial charge in [-0.3, -0.25) is 0 Å². The molecule has 2 heterocycles.